The van der Waals surface area contributed by atoms with Crippen molar-refractivity contribution in [3.05, 3.63) is 54.1 Å². The van der Waals surface area contributed by atoms with Crippen LogP contribution in [0, 0.1) is 0 Å². The summed E-state index contributed by atoms with van der Waals surface area (Å²) in [4.78, 5) is 24.6. The van der Waals surface area contributed by atoms with E-state index in [4.69, 9.17) is 4.74 Å². The molecule has 0 saturated heterocycles. The summed E-state index contributed by atoms with van der Waals surface area (Å²) in [5.41, 5.74) is 2.16. The number of nitrogens with one attached hydrogen (secondary N) is 3. The first kappa shape index (κ1) is 22.7. The summed E-state index contributed by atoms with van der Waals surface area (Å²) in [6.45, 7) is 2.97. The number of amides is 2. The van der Waals surface area contributed by atoms with Crippen molar-refractivity contribution in [1.29, 1.82) is 0 Å². The van der Waals surface area contributed by atoms with Gasteiger partial charge in [-0.3, -0.25) is 9.59 Å². The first-order valence-corrected chi connectivity index (χ1v) is 11.3. The Kier molecular flexibility index (Phi) is 8.76. The Morgan fingerprint density at radius 1 is 0.935 bits per heavy atom. The van der Waals surface area contributed by atoms with Gasteiger partial charge in [0.05, 0.1) is 13.2 Å². The second kappa shape index (κ2) is 12.0. The van der Waals surface area contributed by atoms with Crippen LogP contribution in [0.2, 0.25) is 0 Å². The molecule has 0 atom stereocenters. The van der Waals surface area contributed by atoms with E-state index >= 15 is 0 Å². The third-order valence-electron chi connectivity index (χ3n) is 5.45. The molecule has 2 aromatic rings. The third kappa shape index (κ3) is 7.63. The predicted molar refractivity (Wildman–Crippen MR) is 125 cm³/mol. The van der Waals surface area contributed by atoms with Crippen molar-refractivity contribution < 1.29 is 14.3 Å². The van der Waals surface area contributed by atoms with Gasteiger partial charge in [-0.25, -0.2) is 0 Å². The molecule has 0 heterocycles. The molecule has 2 amide bonds. The molecule has 1 fully saturated rings. The molecule has 1 saturated carbocycles. The lowest BCUT2D eigenvalue weighted by molar-refractivity contribution is -0.114. The number of hydrogen-bond donors (Lipinski definition) is 3. The quantitative estimate of drug-likeness (QED) is 0.471. The minimum Gasteiger partial charge on any atom is -0.494 e. The van der Waals surface area contributed by atoms with Crippen molar-refractivity contribution in [2.75, 3.05) is 23.8 Å². The maximum atomic E-state index is 12.4. The van der Waals surface area contributed by atoms with Crippen LogP contribution in [0.5, 0.6) is 5.75 Å². The minimum atomic E-state index is -0.140. The molecule has 2 aromatic carbocycles. The van der Waals surface area contributed by atoms with E-state index in [2.05, 4.69) is 22.9 Å². The number of carbonyl (C=O) groups is 2. The number of benzene rings is 2. The average Bonchev–Trinajstić information content (AvgIpc) is 2.80. The van der Waals surface area contributed by atoms with E-state index in [0.717, 1.165) is 42.8 Å². The number of rotatable bonds is 10. The zero-order valence-electron chi connectivity index (χ0n) is 18.3. The summed E-state index contributed by atoms with van der Waals surface area (Å²) >= 11 is 0. The van der Waals surface area contributed by atoms with Crippen LogP contribution >= 0.6 is 0 Å². The highest BCUT2D eigenvalue weighted by Gasteiger charge is 2.16. The van der Waals surface area contributed by atoms with Gasteiger partial charge < -0.3 is 20.7 Å². The first-order chi connectivity index (χ1) is 15.1. The van der Waals surface area contributed by atoms with Crippen LogP contribution in [0.4, 0.5) is 11.4 Å². The first-order valence-electron chi connectivity index (χ1n) is 11.3. The van der Waals surface area contributed by atoms with E-state index in [1.807, 2.05) is 36.4 Å². The number of anilines is 2. The van der Waals surface area contributed by atoms with Gasteiger partial charge in [0, 0.05) is 23.0 Å². The van der Waals surface area contributed by atoms with Crippen molar-refractivity contribution in [1.82, 2.24) is 5.32 Å². The van der Waals surface area contributed by atoms with E-state index in [0.29, 0.717) is 18.2 Å². The largest absolute Gasteiger partial charge is 0.494 e. The van der Waals surface area contributed by atoms with Crippen molar-refractivity contribution in [2.24, 2.45) is 0 Å². The molecule has 0 bridgehead atoms. The maximum Gasteiger partial charge on any atom is 0.251 e. The van der Waals surface area contributed by atoms with E-state index in [-0.39, 0.29) is 18.4 Å². The second-order valence-electron chi connectivity index (χ2n) is 8.01. The molecule has 0 radical (unpaired) electrons. The van der Waals surface area contributed by atoms with Crippen molar-refractivity contribution in [3.8, 4) is 5.75 Å². The number of carbonyl (C=O) groups excluding carboxylic acids is 2. The van der Waals surface area contributed by atoms with Gasteiger partial charge in [0.1, 0.15) is 5.75 Å². The average molecular weight is 424 g/mol. The Labute approximate surface area is 184 Å². The SMILES string of the molecule is CCCCOc1ccc(NC(=O)CNc2ccc(C(=O)NC3CCCCC3)cc2)cc1. The van der Waals surface area contributed by atoms with Gasteiger partial charge in [-0.2, -0.15) is 0 Å². The molecular weight excluding hydrogens is 390 g/mol. The molecule has 3 rings (SSSR count). The summed E-state index contributed by atoms with van der Waals surface area (Å²) in [6.07, 6.45) is 7.89. The van der Waals surface area contributed by atoms with E-state index in [9.17, 15) is 9.59 Å². The smallest absolute Gasteiger partial charge is 0.251 e. The van der Waals surface area contributed by atoms with E-state index in [1.54, 1.807) is 12.1 Å². The van der Waals surface area contributed by atoms with Crippen LogP contribution in [0.1, 0.15) is 62.2 Å². The van der Waals surface area contributed by atoms with Gasteiger partial charge in [-0.15, -0.1) is 0 Å². The van der Waals surface area contributed by atoms with Crippen LogP contribution in [0.15, 0.2) is 48.5 Å². The van der Waals surface area contributed by atoms with E-state index < -0.39 is 0 Å². The summed E-state index contributed by atoms with van der Waals surface area (Å²) in [7, 11) is 0. The van der Waals surface area contributed by atoms with Crippen molar-refractivity contribution >= 4 is 23.2 Å². The Bertz CT molecular complexity index is 828. The number of hydrogen-bond acceptors (Lipinski definition) is 4. The fraction of sp³-hybridized carbons (Fsp3) is 0.440. The van der Waals surface area contributed by atoms with Gasteiger partial charge in [0.25, 0.3) is 5.91 Å². The lowest BCUT2D eigenvalue weighted by atomic mass is 9.95. The molecule has 6 nitrogen and oxygen atoms in total. The fourth-order valence-corrected chi connectivity index (χ4v) is 3.61. The zero-order chi connectivity index (χ0) is 21.9. The highest BCUT2D eigenvalue weighted by atomic mass is 16.5. The Hall–Kier alpha value is -3.02. The topological polar surface area (TPSA) is 79.5 Å². The molecule has 1 aliphatic rings. The Morgan fingerprint density at radius 3 is 2.29 bits per heavy atom. The van der Waals surface area contributed by atoms with Gasteiger partial charge in [0.15, 0.2) is 0 Å². The predicted octanol–water partition coefficient (Wildman–Crippen LogP) is 4.98. The molecule has 6 heteroatoms. The lowest BCUT2D eigenvalue weighted by Gasteiger charge is -2.22. The highest BCUT2D eigenvalue weighted by Crippen LogP contribution is 2.19. The number of unbranched alkanes of at least 4 members (excludes halogenated alkanes) is 1. The van der Waals surface area contributed by atoms with Crippen LogP contribution < -0.4 is 20.7 Å². The van der Waals surface area contributed by atoms with Gasteiger partial charge in [0.2, 0.25) is 5.91 Å². The zero-order valence-corrected chi connectivity index (χ0v) is 18.3. The monoisotopic (exact) mass is 423 g/mol. The normalized spacial score (nSPS) is 14.0. The van der Waals surface area contributed by atoms with Crippen LogP contribution in [-0.4, -0.2) is 31.0 Å². The molecule has 3 N–H and O–H groups in total. The van der Waals surface area contributed by atoms with Crippen LogP contribution in [0.25, 0.3) is 0 Å². The van der Waals surface area contributed by atoms with Crippen molar-refractivity contribution in [2.45, 2.75) is 57.9 Å². The summed E-state index contributed by atoms with van der Waals surface area (Å²) < 4.78 is 5.63. The molecule has 0 unspecified atom stereocenters. The van der Waals surface area contributed by atoms with Gasteiger partial charge in [-0.05, 0) is 67.8 Å². The molecule has 1 aliphatic carbocycles. The number of ether oxygens (including phenoxy) is 1. The second-order valence-corrected chi connectivity index (χ2v) is 8.01. The standard InChI is InChI=1S/C25H33N3O3/c1-2-3-17-31-23-15-13-22(14-16-23)27-24(29)18-26-20-11-9-19(10-12-20)25(30)28-21-7-5-4-6-8-21/h9-16,21,26H,2-8,17-18H2,1H3,(H,27,29)(H,28,30). The van der Waals surface area contributed by atoms with Gasteiger partial charge in [-0.1, -0.05) is 32.6 Å². The fourth-order valence-electron chi connectivity index (χ4n) is 3.61. The minimum absolute atomic E-state index is 0.0293. The lowest BCUT2D eigenvalue weighted by Crippen LogP contribution is -2.36. The highest BCUT2D eigenvalue weighted by molar-refractivity contribution is 5.95. The molecule has 0 aromatic heterocycles. The summed E-state index contributed by atoms with van der Waals surface area (Å²) in [5, 5.41) is 9.07. The van der Waals surface area contributed by atoms with E-state index in [1.165, 1.54) is 19.3 Å². The van der Waals surface area contributed by atoms with Crippen LogP contribution in [0.3, 0.4) is 0 Å². The third-order valence-corrected chi connectivity index (χ3v) is 5.45. The molecule has 0 aliphatic heterocycles. The van der Waals surface area contributed by atoms with Gasteiger partial charge >= 0.3 is 0 Å². The maximum absolute atomic E-state index is 12.4. The molecule has 0 spiro atoms. The molecule has 31 heavy (non-hydrogen) atoms. The Morgan fingerprint density at radius 2 is 1.61 bits per heavy atom. The molecule has 166 valence electrons. The van der Waals surface area contributed by atoms with Crippen LogP contribution in [-0.2, 0) is 4.79 Å². The Balaban J connectivity index is 1.41. The molecular formula is C25H33N3O3. The summed E-state index contributed by atoms with van der Waals surface area (Å²) in [6, 6.07) is 14.9. The summed E-state index contributed by atoms with van der Waals surface area (Å²) in [5.74, 6) is 0.634. The van der Waals surface area contributed by atoms with Crippen molar-refractivity contribution in [3.63, 3.8) is 0 Å².